The molecule has 0 radical (unpaired) electrons. The van der Waals surface area contributed by atoms with Gasteiger partial charge in [-0.05, 0) is 12.3 Å². The Hall–Kier alpha value is -1.43. The van der Waals surface area contributed by atoms with Crippen LogP contribution in [0.2, 0.25) is 0 Å². The van der Waals surface area contributed by atoms with Crippen molar-refractivity contribution >= 4 is 11.9 Å². The molecule has 0 bridgehead atoms. The molecule has 0 aliphatic carbocycles. The van der Waals surface area contributed by atoms with Crippen LogP contribution in [0.5, 0.6) is 0 Å². The average Bonchev–Trinajstić information content (AvgIpc) is 2.50. The summed E-state index contributed by atoms with van der Waals surface area (Å²) >= 11 is 0. The molecule has 0 spiro atoms. The second-order valence-corrected chi connectivity index (χ2v) is 3.93. The molecule has 0 aliphatic rings. The minimum Gasteiger partial charge on any atom is -0.320 e. The van der Waals surface area contributed by atoms with Gasteiger partial charge >= 0.3 is 0 Å². The summed E-state index contributed by atoms with van der Waals surface area (Å²) in [4.78, 5) is 15.5. The number of anilines is 1. The third kappa shape index (κ3) is 3.32. The molecule has 0 aliphatic heterocycles. The van der Waals surface area contributed by atoms with Crippen molar-refractivity contribution in [2.75, 3.05) is 5.32 Å². The first-order valence-electron chi connectivity index (χ1n) is 4.91. The lowest BCUT2D eigenvalue weighted by molar-refractivity contribution is -0.117. The summed E-state index contributed by atoms with van der Waals surface area (Å²) in [7, 11) is 1.70. The second kappa shape index (κ2) is 4.88. The molecule has 6 heteroatoms. The van der Waals surface area contributed by atoms with Gasteiger partial charge in [0.15, 0.2) is 0 Å². The lowest BCUT2D eigenvalue weighted by Crippen LogP contribution is -2.37. The van der Waals surface area contributed by atoms with Gasteiger partial charge in [-0.25, -0.2) is 4.68 Å². The monoisotopic (exact) mass is 211 g/mol. The Morgan fingerprint density at radius 2 is 2.33 bits per heavy atom. The van der Waals surface area contributed by atoms with Gasteiger partial charge in [-0.1, -0.05) is 13.8 Å². The molecular weight excluding hydrogens is 194 g/mol. The van der Waals surface area contributed by atoms with Crippen LogP contribution in [0.25, 0.3) is 0 Å². The Balaban J connectivity index is 2.52. The van der Waals surface area contributed by atoms with Crippen LogP contribution in [0.4, 0.5) is 5.95 Å². The first-order valence-corrected chi connectivity index (χ1v) is 4.91. The van der Waals surface area contributed by atoms with Crippen molar-refractivity contribution in [1.82, 2.24) is 14.8 Å². The number of amides is 1. The predicted molar refractivity (Wildman–Crippen MR) is 57.1 cm³/mol. The first-order chi connectivity index (χ1) is 7.00. The molecule has 1 aromatic heterocycles. The van der Waals surface area contributed by atoms with Crippen molar-refractivity contribution in [2.24, 2.45) is 18.7 Å². The molecule has 1 atom stereocenters. The molecule has 6 nitrogen and oxygen atoms in total. The first kappa shape index (κ1) is 11.6. The van der Waals surface area contributed by atoms with Crippen molar-refractivity contribution < 1.29 is 4.79 Å². The van der Waals surface area contributed by atoms with Crippen LogP contribution in [0.1, 0.15) is 20.3 Å². The summed E-state index contributed by atoms with van der Waals surface area (Å²) in [6, 6.07) is -0.498. The van der Waals surface area contributed by atoms with Gasteiger partial charge in [0.25, 0.3) is 0 Å². The molecule has 1 amide bonds. The smallest absolute Gasteiger partial charge is 0.243 e. The summed E-state index contributed by atoms with van der Waals surface area (Å²) in [5.74, 6) is 0.587. The maximum Gasteiger partial charge on any atom is 0.243 e. The zero-order chi connectivity index (χ0) is 11.4. The summed E-state index contributed by atoms with van der Waals surface area (Å²) in [6.45, 7) is 4.05. The molecule has 0 unspecified atom stereocenters. The zero-order valence-electron chi connectivity index (χ0n) is 9.27. The highest BCUT2D eigenvalue weighted by Gasteiger charge is 2.16. The molecule has 0 saturated carbocycles. The molecule has 15 heavy (non-hydrogen) atoms. The predicted octanol–water partition coefficient (Wildman–Crippen LogP) is 0.127. The van der Waals surface area contributed by atoms with Crippen LogP contribution in [-0.2, 0) is 11.8 Å². The molecule has 1 heterocycles. The van der Waals surface area contributed by atoms with E-state index in [-0.39, 0.29) is 5.91 Å². The van der Waals surface area contributed by atoms with E-state index in [1.807, 2.05) is 13.8 Å². The van der Waals surface area contributed by atoms with Crippen molar-refractivity contribution in [3.63, 3.8) is 0 Å². The fraction of sp³-hybridized carbons (Fsp3) is 0.667. The Kier molecular flexibility index (Phi) is 3.79. The molecule has 1 rings (SSSR count). The second-order valence-electron chi connectivity index (χ2n) is 3.93. The number of hydrogen-bond donors (Lipinski definition) is 2. The van der Waals surface area contributed by atoms with E-state index in [2.05, 4.69) is 15.4 Å². The quantitative estimate of drug-likeness (QED) is 0.741. The van der Waals surface area contributed by atoms with Gasteiger partial charge in [-0.3, -0.25) is 10.1 Å². The van der Waals surface area contributed by atoms with Gasteiger partial charge < -0.3 is 5.73 Å². The normalized spacial score (nSPS) is 12.9. The van der Waals surface area contributed by atoms with Crippen molar-refractivity contribution in [3.8, 4) is 0 Å². The van der Waals surface area contributed by atoms with Gasteiger partial charge in [-0.2, -0.15) is 10.1 Å². The van der Waals surface area contributed by atoms with Crippen LogP contribution < -0.4 is 11.1 Å². The van der Waals surface area contributed by atoms with Crippen molar-refractivity contribution in [2.45, 2.75) is 26.3 Å². The molecule has 84 valence electrons. The highest BCUT2D eigenvalue weighted by atomic mass is 16.2. The third-order valence-corrected chi connectivity index (χ3v) is 2.01. The molecule has 0 aromatic carbocycles. The van der Waals surface area contributed by atoms with E-state index in [4.69, 9.17) is 5.73 Å². The maximum atomic E-state index is 11.6. The van der Waals surface area contributed by atoms with E-state index in [1.165, 1.54) is 11.0 Å². The van der Waals surface area contributed by atoms with Crippen LogP contribution in [-0.4, -0.2) is 26.7 Å². The molecule has 3 N–H and O–H groups in total. The molecule has 0 saturated heterocycles. The molecular formula is C9H17N5O. The SMILES string of the molecule is CC(C)C[C@@H](N)C(=O)Nc1ncnn1C. The Labute approximate surface area is 88.9 Å². The zero-order valence-corrected chi connectivity index (χ0v) is 9.27. The van der Waals surface area contributed by atoms with Gasteiger partial charge in [0.05, 0.1) is 6.04 Å². The van der Waals surface area contributed by atoms with Crippen LogP contribution in [0.15, 0.2) is 6.33 Å². The number of aryl methyl sites for hydroxylation is 1. The fourth-order valence-electron chi connectivity index (χ4n) is 1.23. The number of aromatic nitrogens is 3. The third-order valence-electron chi connectivity index (χ3n) is 2.01. The topological polar surface area (TPSA) is 85.8 Å². The summed E-state index contributed by atoms with van der Waals surface area (Å²) in [6.07, 6.45) is 2.03. The van der Waals surface area contributed by atoms with E-state index in [9.17, 15) is 4.79 Å². The lowest BCUT2D eigenvalue weighted by Gasteiger charge is -2.13. The van der Waals surface area contributed by atoms with Crippen LogP contribution >= 0.6 is 0 Å². The Morgan fingerprint density at radius 3 is 2.80 bits per heavy atom. The standard InChI is InChI=1S/C9H17N5O/c1-6(2)4-7(10)8(15)13-9-11-5-12-14(9)3/h5-7H,4,10H2,1-3H3,(H,11,12,13,15)/t7-/m1/s1. The van der Waals surface area contributed by atoms with E-state index in [0.717, 1.165) is 0 Å². The Morgan fingerprint density at radius 1 is 1.67 bits per heavy atom. The summed E-state index contributed by atoms with van der Waals surface area (Å²) in [5, 5.41) is 6.46. The fourth-order valence-corrected chi connectivity index (χ4v) is 1.23. The molecule has 0 fully saturated rings. The van der Waals surface area contributed by atoms with E-state index in [0.29, 0.717) is 18.3 Å². The van der Waals surface area contributed by atoms with Crippen molar-refractivity contribution in [1.29, 1.82) is 0 Å². The van der Waals surface area contributed by atoms with Crippen molar-refractivity contribution in [3.05, 3.63) is 6.33 Å². The minimum absolute atomic E-state index is 0.222. The number of nitrogens with two attached hydrogens (primary N) is 1. The highest BCUT2D eigenvalue weighted by Crippen LogP contribution is 2.05. The number of nitrogens with zero attached hydrogens (tertiary/aromatic N) is 3. The molecule has 1 aromatic rings. The van der Waals surface area contributed by atoms with Crippen LogP contribution in [0.3, 0.4) is 0 Å². The highest BCUT2D eigenvalue weighted by molar-refractivity contribution is 5.93. The average molecular weight is 211 g/mol. The van der Waals surface area contributed by atoms with E-state index < -0.39 is 6.04 Å². The number of carbonyl (C=O) groups excluding carboxylic acids is 1. The van der Waals surface area contributed by atoms with E-state index in [1.54, 1.807) is 7.05 Å². The number of rotatable bonds is 4. The van der Waals surface area contributed by atoms with Crippen LogP contribution in [0, 0.1) is 5.92 Å². The lowest BCUT2D eigenvalue weighted by atomic mass is 10.0. The summed E-state index contributed by atoms with van der Waals surface area (Å²) in [5.41, 5.74) is 5.72. The minimum atomic E-state index is -0.498. The number of carbonyl (C=O) groups is 1. The van der Waals surface area contributed by atoms with Gasteiger partial charge in [0.1, 0.15) is 6.33 Å². The van der Waals surface area contributed by atoms with E-state index >= 15 is 0 Å². The Bertz CT molecular complexity index is 333. The number of nitrogens with one attached hydrogen (secondary N) is 1. The number of hydrogen-bond acceptors (Lipinski definition) is 4. The van der Waals surface area contributed by atoms with Gasteiger partial charge in [0, 0.05) is 7.05 Å². The maximum absolute atomic E-state index is 11.6. The summed E-state index contributed by atoms with van der Waals surface area (Å²) < 4.78 is 1.49. The largest absolute Gasteiger partial charge is 0.320 e. The van der Waals surface area contributed by atoms with Gasteiger partial charge in [-0.15, -0.1) is 0 Å². The van der Waals surface area contributed by atoms with Gasteiger partial charge in [0.2, 0.25) is 11.9 Å².